The summed E-state index contributed by atoms with van der Waals surface area (Å²) in [7, 11) is 1.57. The lowest BCUT2D eigenvalue weighted by atomic mass is 10.0. The van der Waals surface area contributed by atoms with E-state index in [0.717, 1.165) is 0 Å². The van der Waals surface area contributed by atoms with Gasteiger partial charge in [-0.1, -0.05) is 30.0 Å². The molecule has 35 heavy (non-hydrogen) atoms. The Bertz CT molecular complexity index is 1270. The summed E-state index contributed by atoms with van der Waals surface area (Å²) in [5.74, 6) is 0.521. The number of amides is 2. The second-order valence-electron chi connectivity index (χ2n) is 8.07. The maximum atomic E-state index is 13.5. The monoisotopic (exact) mass is 496 g/mol. The van der Waals surface area contributed by atoms with Crippen LogP contribution in [0.4, 0.5) is 10.5 Å². The topological polar surface area (TPSA) is 103 Å². The molecule has 0 saturated carbocycles. The molecule has 0 atom stereocenters. The predicted octanol–water partition coefficient (Wildman–Crippen LogP) is 3.93. The van der Waals surface area contributed by atoms with E-state index in [4.69, 9.17) is 14.5 Å². The number of aromatic nitrogens is 2. The number of para-hydroxylation sites is 1. The molecule has 10 heteroatoms. The van der Waals surface area contributed by atoms with Gasteiger partial charge in [-0.2, -0.15) is 0 Å². The van der Waals surface area contributed by atoms with Gasteiger partial charge < -0.3 is 19.7 Å². The van der Waals surface area contributed by atoms with E-state index in [9.17, 15) is 14.4 Å². The molecule has 0 radical (unpaired) electrons. The van der Waals surface area contributed by atoms with Crippen LogP contribution in [-0.4, -0.2) is 59.0 Å². The number of anilines is 1. The van der Waals surface area contributed by atoms with Gasteiger partial charge in [0.05, 0.1) is 30.4 Å². The summed E-state index contributed by atoms with van der Waals surface area (Å²) in [4.78, 5) is 44.6. The quantitative estimate of drug-likeness (QED) is 0.391. The van der Waals surface area contributed by atoms with Crippen molar-refractivity contribution in [2.24, 2.45) is 0 Å². The Kier molecular flexibility index (Phi) is 7.91. The number of nitrogens with zero attached hydrogens (tertiary/aromatic N) is 3. The summed E-state index contributed by atoms with van der Waals surface area (Å²) < 4.78 is 12.0. The van der Waals surface area contributed by atoms with Crippen LogP contribution in [0.25, 0.3) is 10.9 Å². The first kappa shape index (κ1) is 24.6. The van der Waals surface area contributed by atoms with Crippen LogP contribution in [0.1, 0.15) is 25.8 Å². The molecule has 1 N–H and O–H groups in total. The average molecular weight is 497 g/mol. The maximum absolute atomic E-state index is 13.5. The zero-order valence-corrected chi connectivity index (χ0v) is 20.5. The summed E-state index contributed by atoms with van der Waals surface area (Å²) in [6, 6.07) is 14.2. The number of carbonyl (C=O) groups is 2. The van der Waals surface area contributed by atoms with Crippen LogP contribution in [0.15, 0.2) is 58.5 Å². The number of carbonyl (C=O) groups excluding carboxylic acids is 2. The molecule has 1 saturated heterocycles. The van der Waals surface area contributed by atoms with Gasteiger partial charge in [0.1, 0.15) is 5.75 Å². The van der Waals surface area contributed by atoms with Gasteiger partial charge in [0.2, 0.25) is 5.91 Å². The molecule has 1 aliphatic heterocycles. The normalized spacial score (nSPS) is 14.1. The average Bonchev–Trinajstić information content (AvgIpc) is 2.88. The highest BCUT2D eigenvalue weighted by Gasteiger charge is 2.28. The molecule has 9 nitrogen and oxygen atoms in total. The number of methoxy groups -OCH3 is 1. The number of nitrogens with one attached hydrogen (secondary N) is 1. The number of hydrogen-bond donors (Lipinski definition) is 1. The van der Waals surface area contributed by atoms with Crippen molar-refractivity contribution in [1.29, 1.82) is 0 Å². The molecule has 0 aliphatic carbocycles. The van der Waals surface area contributed by atoms with Crippen molar-refractivity contribution < 1.29 is 19.1 Å². The zero-order chi connectivity index (χ0) is 24.8. The molecule has 1 aromatic heterocycles. The molecule has 1 aliphatic rings. The Labute approximate surface area is 207 Å². The van der Waals surface area contributed by atoms with Crippen molar-refractivity contribution in [2.45, 2.75) is 31.0 Å². The number of fused-ring (bicyclic) bond motifs is 1. The lowest BCUT2D eigenvalue weighted by molar-refractivity contribution is -0.113. The SMILES string of the molecule is CCOC(=O)N1CCC(n2c(SCC(=O)Nc3cccc(OC)c3)nc3ccccc3c2=O)CC1. The summed E-state index contributed by atoms with van der Waals surface area (Å²) in [5, 5.41) is 3.88. The zero-order valence-electron chi connectivity index (χ0n) is 19.7. The molecule has 0 unspecified atom stereocenters. The largest absolute Gasteiger partial charge is 0.497 e. The molecule has 0 spiro atoms. The van der Waals surface area contributed by atoms with E-state index in [1.807, 2.05) is 12.1 Å². The first-order chi connectivity index (χ1) is 17.0. The molecule has 4 rings (SSSR count). The molecule has 2 amide bonds. The van der Waals surface area contributed by atoms with Gasteiger partial charge in [0, 0.05) is 30.9 Å². The number of hydrogen-bond acceptors (Lipinski definition) is 7. The minimum absolute atomic E-state index is 0.0870. The molecule has 184 valence electrons. The van der Waals surface area contributed by atoms with Crippen molar-refractivity contribution in [3.8, 4) is 5.75 Å². The van der Waals surface area contributed by atoms with E-state index in [2.05, 4.69) is 5.32 Å². The van der Waals surface area contributed by atoms with Gasteiger partial charge in [-0.25, -0.2) is 9.78 Å². The van der Waals surface area contributed by atoms with Crippen molar-refractivity contribution in [3.05, 3.63) is 58.9 Å². The van der Waals surface area contributed by atoms with Gasteiger partial charge in [0.25, 0.3) is 5.56 Å². The molecule has 2 heterocycles. The fraction of sp³-hybridized carbons (Fsp3) is 0.360. The van der Waals surface area contributed by atoms with E-state index in [-0.39, 0.29) is 29.4 Å². The Balaban J connectivity index is 1.54. The van der Waals surface area contributed by atoms with E-state index in [1.54, 1.807) is 59.9 Å². The molecular weight excluding hydrogens is 468 g/mol. The van der Waals surface area contributed by atoms with Crippen LogP contribution in [0, 0.1) is 0 Å². The third-order valence-electron chi connectivity index (χ3n) is 5.82. The second-order valence-corrected chi connectivity index (χ2v) is 9.02. The van der Waals surface area contributed by atoms with Crippen LogP contribution in [0.3, 0.4) is 0 Å². The number of thioether (sulfide) groups is 1. The number of likely N-dealkylation sites (tertiary alicyclic amines) is 1. The van der Waals surface area contributed by atoms with Crippen LogP contribution in [0.2, 0.25) is 0 Å². The predicted molar refractivity (Wildman–Crippen MR) is 135 cm³/mol. The Morgan fingerprint density at radius 3 is 2.66 bits per heavy atom. The molecule has 3 aromatic rings. The fourth-order valence-electron chi connectivity index (χ4n) is 4.10. The van der Waals surface area contributed by atoms with Gasteiger partial charge >= 0.3 is 6.09 Å². The minimum atomic E-state index is -0.334. The van der Waals surface area contributed by atoms with E-state index >= 15 is 0 Å². The van der Waals surface area contributed by atoms with Crippen LogP contribution in [0.5, 0.6) is 5.75 Å². The smallest absolute Gasteiger partial charge is 0.409 e. The Morgan fingerprint density at radius 1 is 1.14 bits per heavy atom. The van der Waals surface area contributed by atoms with E-state index in [0.29, 0.717) is 60.0 Å². The second kappa shape index (κ2) is 11.3. The number of piperidine rings is 1. The highest BCUT2D eigenvalue weighted by atomic mass is 32.2. The van der Waals surface area contributed by atoms with Crippen molar-refractivity contribution >= 4 is 40.4 Å². The van der Waals surface area contributed by atoms with Crippen LogP contribution >= 0.6 is 11.8 Å². The summed E-state index contributed by atoms with van der Waals surface area (Å²) >= 11 is 1.23. The highest BCUT2D eigenvalue weighted by molar-refractivity contribution is 7.99. The first-order valence-electron chi connectivity index (χ1n) is 11.5. The lowest BCUT2D eigenvalue weighted by Gasteiger charge is -2.33. The minimum Gasteiger partial charge on any atom is -0.497 e. The number of rotatable bonds is 7. The Morgan fingerprint density at radius 2 is 1.91 bits per heavy atom. The van der Waals surface area contributed by atoms with Gasteiger partial charge in [-0.05, 0) is 44.0 Å². The van der Waals surface area contributed by atoms with Crippen LogP contribution in [-0.2, 0) is 9.53 Å². The number of benzene rings is 2. The lowest BCUT2D eigenvalue weighted by Crippen LogP contribution is -2.41. The van der Waals surface area contributed by atoms with E-state index < -0.39 is 0 Å². The van der Waals surface area contributed by atoms with Crippen molar-refractivity contribution in [1.82, 2.24) is 14.5 Å². The summed E-state index contributed by atoms with van der Waals surface area (Å²) in [6.07, 6.45) is 0.865. The van der Waals surface area contributed by atoms with Gasteiger partial charge in [-0.3, -0.25) is 14.2 Å². The molecule has 1 fully saturated rings. The van der Waals surface area contributed by atoms with Gasteiger partial charge in [-0.15, -0.1) is 0 Å². The first-order valence-corrected chi connectivity index (χ1v) is 12.5. The van der Waals surface area contributed by atoms with Crippen LogP contribution < -0.4 is 15.6 Å². The number of ether oxygens (including phenoxy) is 2. The van der Waals surface area contributed by atoms with Crippen molar-refractivity contribution in [3.63, 3.8) is 0 Å². The Hall–Kier alpha value is -3.53. The van der Waals surface area contributed by atoms with Gasteiger partial charge in [0.15, 0.2) is 5.16 Å². The summed E-state index contributed by atoms with van der Waals surface area (Å²) in [6.45, 7) is 3.08. The highest BCUT2D eigenvalue weighted by Crippen LogP contribution is 2.28. The van der Waals surface area contributed by atoms with Crippen molar-refractivity contribution in [2.75, 3.05) is 37.9 Å². The molecular formula is C25H28N4O5S. The maximum Gasteiger partial charge on any atom is 0.409 e. The third-order valence-corrected chi connectivity index (χ3v) is 6.77. The standard InChI is InChI=1S/C25H28N4O5S/c1-3-34-25(32)28-13-11-18(12-14-28)29-23(31)20-9-4-5-10-21(20)27-24(29)35-16-22(30)26-17-7-6-8-19(15-17)33-2/h4-10,15,18H,3,11-14,16H2,1-2H3,(H,26,30). The third kappa shape index (κ3) is 5.76. The molecule has 0 bridgehead atoms. The summed E-state index contributed by atoms with van der Waals surface area (Å²) in [5.41, 5.74) is 1.08. The fourth-order valence-corrected chi connectivity index (χ4v) is 4.97. The molecule has 2 aromatic carbocycles. The van der Waals surface area contributed by atoms with E-state index in [1.165, 1.54) is 11.8 Å².